The lowest BCUT2D eigenvalue weighted by Gasteiger charge is -2.22. The molecule has 21 heavy (non-hydrogen) atoms. The zero-order valence-electron chi connectivity index (χ0n) is 11.6. The normalized spacial score (nSPS) is 18.4. The van der Waals surface area contributed by atoms with Gasteiger partial charge >= 0.3 is 0 Å². The van der Waals surface area contributed by atoms with Crippen LogP contribution in [-0.4, -0.2) is 44.3 Å². The molecule has 1 unspecified atom stereocenters. The molecule has 0 aliphatic carbocycles. The van der Waals surface area contributed by atoms with Crippen LogP contribution in [0.4, 0.5) is 11.9 Å². The quantitative estimate of drug-likeness (QED) is 0.527. The lowest BCUT2D eigenvalue weighted by atomic mass is 10.0. The Hall–Kier alpha value is -2.26. The van der Waals surface area contributed by atoms with E-state index in [0.29, 0.717) is 23.8 Å². The summed E-state index contributed by atoms with van der Waals surface area (Å²) in [7, 11) is 0. The molecule has 2 aromatic rings. The van der Waals surface area contributed by atoms with Crippen LogP contribution in [-0.2, 0) is 4.74 Å². The van der Waals surface area contributed by atoms with Crippen molar-refractivity contribution in [3.05, 3.63) is 18.7 Å². The number of hydrogen-bond donors (Lipinski definition) is 3. The molecule has 0 bridgehead atoms. The second-order valence-corrected chi connectivity index (χ2v) is 4.86. The second-order valence-electron chi connectivity index (χ2n) is 4.86. The van der Waals surface area contributed by atoms with Gasteiger partial charge in [0, 0.05) is 25.5 Å². The lowest BCUT2D eigenvalue weighted by Crippen LogP contribution is -2.25. The first-order chi connectivity index (χ1) is 10.3. The molecule has 1 saturated heterocycles. The van der Waals surface area contributed by atoms with Crippen LogP contribution in [0, 0.1) is 5.92 Å². The van der Waals surface area contributed by atoms with Gasteiger partial charge in [-0.1, -0.05) is 0 Å². The fraction of sp³-hybridized carbons (Fsp3) is 0.500. The first kappa shape index (κ1) is 13.7. The number of nitrogen functional groups attached to an aromatic ring is 1. The van der Waals surface area contributed by atoms with Gasteiger partial charge in [-0.25, -0.2) is 10.8 Å². The van der Waals surface area contributed by atoms with Crippen LogP contribution in [0.5, 0.6) is 0 Å². The van der Waals surface area contributed by atoms with Crippen LogP contribution in [0.15, 0.2) is 18.7 Å². The molecular formula is C12H18N8O. The zero-order chi connectivity index (χ0) is 14.5. The average Bonchev–Trinajstić information content (AvgIpc) is 3.08. The highest BCUT2D eigenvalue weighted by molar-refractivity contribution is 5.37. The average molecular weight is 290 g/mol. The van der Waals surface area contributed by atoms with Crippen molar-refractivity contribution in [1.82, 2.24) is 24.5 Å². The van der Waals surface area contributed by atoms with E-state index in [0.717, 1.165) is 32.6 Å². The molecule has 2 aromatic heterocycles. The van der Waals surface area contributed by atoms with Gasteiger partial charge in [0.2, 0.25) is 17.8 Å². The molecule has 0 aromatic carbocycles. The molecule has 1 fully saturated rings. The zero-order valence-corrected chi connectivity index (χ0v) is 11.6. The molecule has 9 nitrogen and oxygen atoms in total. The monoisotopic (exact) mass is 290 g/mol. The summed E-state index contributed by atoms with van der Waals surface area (Å²) >= 11 is 0. The SMILES string of the molecule is NNc1nc(NCC2CCCOC2)nc(-n2ccnc2)n1. The molecule has 1 atom stereocenters. The molecule has 1 aliphatic heterocycles. The minimum absolute atomic E-state index is 0.302. The van der Waals surface area contributed by atoms with Crippen molar-refractivity contribution in [2.24, 2.45) is 11.8 Å². The molecule has 9 heteroatoms. The van der Waals surface area contributed by atoms with Crippen LogP contribution < -0.4 is 16.6 Å². The molecule has 3 rings (SSSR count). The van der Waals surface area contributed by atoms with E-state index < -0.39 is 0 Å². The number of aromatic nitrogens is 5. The highest BCUT2D eigenvalue weighted by Gasteiger charge is 2.15. The summed E-state index contributed by atoms with van der Waals surface area (Å²) < 4.78 is 7.15. The van der Waals surface area contributed by atoms with Crippen LogP contribution in [0.3, 0.4) is 0 Å². The summed E-state index contributed by atoms with van der Waals surface area (Å²) in [5, 5.41) is 3.22. The molecule has 3 heterocycles. The summed E-state index contributed by atoms with van der Waals surface area (Å²) in [6.07, 6.45) is 7.28. The van der Waals surface area contributed by atoms with Crippen LogP contribution in [0.2, 0.25) is 0 Å². The van der Waals surface area contributed by atoms with E-state index in [1.54, 1.807) is 23.3 Å². The number of hydrazine groups is 1. The first-order valence-electron chi connectivity index (χ1n) is 6.88. The molecule has 0 amide bonds. The maximum Gasteiger partial charge on any atom is 0.243 e. The van der Waals surface area contributed by atoms with Crippen LogP contribution in [0.1, 0.15) is 12.8 Å². The lowest BCUT2D eigenvalue weighted by molar-refractivity contribution is 0.0594. The fourth-order valence-corrected chi connectivity index (χ4v) is 2.21. The molecule has 4 N–H and O–H groups in total. The summed E-state index contributed by atoms with van der Waals surface area (Å²) in [5.74, 6) is 7.12. The Bertz CT molecular complexity index is 567. The van der Waals surface area contributed by atoms with Crippen LogP contribution in [0.25, 0.3) is 5.95 Å². The van der Waals surface area contributed by atoms with Crippen molar-refractivity contribution in [3.63, 3.8) is 0 Å². The van der Waals surface area contributed by atoms with E-state index in [9.17, 15) is 0 Å². The smallest absolute Gasteiger partial charge is 0.243 e. The number of nitrogens with two attached hydrogens (primary N) is 1. The van der Waals surface area contributed by atoms with Crippen molar-refractivity contribution in [2.45, 2.75) is 12.8 Å². The van der Waals surface area contributed by atoms with Crippen LogP contribution >= 0.6 is 0 Å². The Morgan fingerprint density at radius 2 is 2.24 bits per heavy atom. The summed E-state index contributed by atoms with van der Waals surface area (Å²) in [4.78, 5) is 16.7. The number of nitrogens with zero attached hydrogens (tertiary/aromatic N) is 5. The van der Waals surface area contributed by atoms with Crippen molar-refractivity contribution < 1.29 is 4.74 Å². The molecular weight excluding hydrogens is 272 g/mol. The molecule has 0 spiro atoms. The first-order valence-corrected chi connectivity index (χ1v) is 6.88. The number of anilines is 2. The largest absolute Gasteiger partial charge is 0.381 e. The number of imidazole rings is 1. The van der Waals surface area contributed by atoms with Gasteiger partial charge in [0.1, 0.15) is 6.33 Å². The molecule has 0 saturated carbocycles. The standard InChI is InChI=1S/C12H18N8O/c13-19-11-16-10(15-6-9-2-1-5-21-7-9)17-12(18-11)20-4-3-14-8-20/h3-4,8-9H,1-2,5-7,13H2,(H2,15,16,17,18,19). The van der Waals surface area contributed by atoms with Gasteiger partial charge in [0.15, 0.2) is 0 Å². The van der Waals surface area contributed by atoms with Crippen molar-refractivity contribution >= 4 is 11.9 Å². The summed E-state index contributed by atoms with van der Waals surface area (Å²) in [6, 6.07) is 0. The molecule has 1 aliphatic rings. The Morgan fingerprint density at radius 1 is 1.33 bits per heavy atom. The van der Waals surface area contributed by atoms with E-state index in [-0.39, 0.29) is 0 Å². The summed E-state index contributed by atoms with van der Waals surface area (Å²) in [6.45, 7) is 2.39. The predicted molar refractivity (Wildman–Crippen MR) is 76.8 cm³/mol. The molecule has 0 radical (unpaired) electrons. The van der Waals surface area contributed by atoms with E-state index in [1.165, 1.54) is 0 Å². The summed E-state index contributed by atoms with van der Waals surface area (Å²) in [5.41, 5.74) is 2.45. The topological polar surface area (TPSA) is 116 Å². The second kappa shape index (κ2) is 6.46. The molecule has 112 valence electrons. The van der Waals surface area contributed by atoms with Gasteiger partial charge in [-0.15, -0.1) is 0 Å². The van der Waals surface area contributed by atoms with Crippen molar-refractivity contribution in [1.29, 1.82) is 0 Å². The Labute approximate surface area is 121 Å². The third kappa shape index (κ3) is 3.44. The van der Waals surface area contributed by atoms with Gasteiger partial charge in [-0.2, -0.15) is 15.0 Å². The number of hydrogen-bond acceptors (Lipinski definition) is 8. The predicted octanol–water partition coefficient (Wildman–Crippen LogP) is 0.181. The minimum Gasteiger partial charge on any atom is -0.381 e. The fourth-order valence-electron chi connectivity index (χ4n) is 2.21. The van der Waals surface area contributed by atoms with E-state index in [2.05, 4.69) is 30.7 Å². The number of ether oxygens (including phenoxy) is 1. The highest BCUT2D eigenvalue weighted by atomic mass is 16.5. The Morgan fingerprint density at radius 3 is 2.95 bits per heavy atom. The van der Waals surface area contributed by atoms with E-state index in [4.69, 9.17) is 10.6 Å². The number of nitrogens with one attached hydrogen (secondary N) is 2. The maximum atomic E-state index is 5.46. The van der Waals surface area contributed by atoms with Crippen molar-refractivity contribution in [2.75, 3.05) is 30.5 Å². The van der Waals surface area contributed by atoms with Gasteiger partial charge in [-0.05, 0) is 18.8 Å². The number of rotatable bonds is 5. The Balaban J connectivity index is 1.73. The third-order valence-corrected chi connectivity index (χ3v) is 3.29. The van der Waals surface area contributed by atoms with Gasteiger partial charge in [-0.3, -0.25) is 9.99 Å². The maximum absolute atomic E-state index is 5.46. The van der Waals surface area contributed by atoms with Gasteiger partial charge in [0.05, 0.1) is 6.61 Å². The van der Waals surface area contributed by atoms with Crippen molar-refractivity contribution in [3.8, 4) is 5.95 Å². The highest BCUT2D eigenvalue weighted by Crippen LogP contribution is 2.15. The van der Waals surface area contributed by atoms with E-state index >= 15 is 0 Å². The Kier molecular flexibility index (Phi) is 4.22. The third-order valence-electron chi connectivity index (χ3n) is 3.29. The van der Waals surface area contributed by atoms with Gasteiger partial charge in [0.25, 0.3) is 0 Å². The van der Waals surface area contributed by atoms with Gasteiger partial charge < -0.3 is 10.1 Å². The van der Waals surface area contributed by atoms with E-state index in [1.807, 2.05) is 0 Å². The minimum atomic E-state index is 0.302.